The highest BCUT2D eigenvalue weighted by Crippen LogP contribution is 2.59. The second kappa shape index (κ2) is 2.99. The van der Waals surface area contributed by atoms with Crippen LogP contribution in [0.2, 0.25) is 0 Å². The second-order valence-electron chi connectivity index (χ2n) is 5.00. The molecule has 0 aromatic rings. The number of rotatable bonds is 2. The van der Waals surface area contributed by atoms with Crippen LogP contribution in [0, 0.1) is 17.3 Å². The van der Waals surface area contributed by atoms with Crippen molar-refractivity contribution in [3.63, 3.8) is 0 Å². The van der Waals surface area contributed by atoms with Crippen LogP contribution >= 0.6 is 10.7 Å². The SMILES string of the molecule is CC1(C)C2CC=C(CS(=O)(=O)Cl)C1C2. The molecule has 0 spiro atoms. The fourth-order valence-corrected chi connectivity index (χ4v) is 3.93. The molecule has 4 heteroatoms. The van der Waals surface area contributed by atoms with Crippen molar-refractivity contribution in [2.45, 2.75) is 26.7 Å². The molecule has 0 heterocycles. The van der Waals surface area contributed by atoms with E-state index in [2.05, 4.69) is 19.9 Å². The Morgan fingerprint density at radius 1 is 1.57 bits per heavy atom. The summed E-state index contributed by atoms with van der Waals surface area (Å²) in [6, 6.07) is 0. The van der Waals surface area contributed by atoms with Crippen LogP contribution in [-0.2, 0) is 9.05 Å². The van der Waals surface area contributed by atoms with Crippen LogP contribution in [0.1, 0.15) is 26.7 Å². The van der Waals surface area contributed by atoms with Gasteiger partial charge >= 0.3 is 0 Å². The van der Waals surface area contributed by atoms with Gasteiger partial charge in [-0.15, -0.1) is 0 Å². The van der Waals surface area contributed by atoms with E-state index in [-0.39, 0.29) is 11.2 Å². The minimum absolute atomic E-state index is 0.0371. The van der Waals surface area contributed by atoms with Crippen molar-refractivity contribution in [2.75, 3.05) is 5.75 Å². The highest BCUT2D eigenvalue weighted by molar-refractivity contribution is 8.13. The van der Waals surface area contributed by atoms with E-state index in [9.17, 15) is 8.42 Å². The molecule has 2 bridgehead atoms. The maximum atomic E-state index is 11.0. The van der Waals surface area contributed by atoms with Gasteiger partial charge in [-0.05, 0) is 30.1 Å². The van der Waals surface area contributed by atoms with Crippen LogP contribution in [0.15, 0.2) is 11.6 Å². The second-order valence-corrected chi connectivity index (χ2v) is 7.78. The molecule has 2 atom stereocenters. The van der Waals surface area contributed by atoms with Gasteiger partial charge in [0, 0.05) is 10.7 Å². The van der Waals surface area contributed by atoms with Gasteiger partial charge in [0.1, 0.15) is 0 Å². The van der Waals surface area contributed by atoms with Gasteiger partial charge < -0.3 is 0 Å². The predicted octanol–water partition coefficient (Wildman–Crippen LogP) is 2.55. The number of allylic oxidation sites excluding steroid dienone is 1. The Labute approximate surface area is 89.8 Å². The largest absolute Gasteiger partial charge is 0.236 e. The van der Waals surface area contributed by atoms with Crippen molar-refractivity contribution < 1.29 is 8.42 Å². The van der Waals surface area contributed by atoms with E-state index in [0.717, 1.165) is 24.3 Å². The van der Waals surface area contributed by atoms with Gasteiger partial charge in [-0.25, -0.2) is 8.42 Å². The Hall–Kier alpha value is -0.0200. The van der Waals surface area contributed by atoms with Crippen molar-refractivity contribution in [1.29, 1.82) is 0 Å². The molecule has 1 saturated carbocycles. The lowest BCUT2D eigenvalue weighted by Crippen LogP contribution is -2.48. The molecule has 2 unspecified atom stereocenters. The van der Waals surface area contributed by atoms with Crippen LogP contribution < -0.4 is 0 Å². The summed E-state index contributed by atoms with van der Waals surface area (Å²) in [7, 11) is 1.90. The van der Waals surface area contributed by atoms with Gasteiger partial charge in [0.05, 0.1) is 5.75 Å². The van der Waals surface area contributed by atoms with Crippen molar-refractivity contribution in [3.05, 3.63) is 11.6 Å². The highest BCUT2D eigenvalue weighted by atomic mass is 35.7. The van der Waals surface area contributed by atoms with Crippen LogP contribution in [0.4, 0.5) is 0 Å². The topological polar surface area (TPSA) is 34.1 Å². The lowest BCUT2D eigenvalue weighted by Gasteiger charge is -2.56. The van der Waals surface area contributed by atoms with Crippen molar-refractivity contribution >= 4 is 19.7 Å². The molecule has 80 valence electrons. The molecule has 1 fully saturated rings. The number of hydrogen-bond acceptors (Lipinski definition) is 2. The first-order chi connectivity index (χ1) is 6.31. The first-order valence-corrected chi connectivity index (χ1v) is 7.40. The molecule has 3 aliphatic carbocycles. The van der Waals surface area contributed by atoms with Crippen LogP contribution in [0.5, 0.6) is 0 Å². The first-order valence-electron chi connectivity index (χ1n) is 4.92. The third kappa shape index (κ3) is 1.61. The Morgan fingerprint density at radius 2 is 2.21 bits per heavy atom. The van der Waals surface area contributed by atoms with Gasteiger partial charge in [-0.3, -0.25) is 0 Å². The average Bonchev–Trinajstić information content (AvgIpc) is 2.00. The summed E-state index contributed by atoms with van der Waals surface area (Å²) in [4.78, 5) is 0. The number of halogens is 1. The van der Waals surface area contributed by atoms with Crippen molar-refractivity contribution in [3.8, 4) is 0 Å². The zero-order valence-electron chi connectivity index (χ0n) is 8.46. The maximum Gasteiger partial charge on any atom is 0.236 e. The lowest BCUT2D eigenvalue weighted by molar-refractivity contribution is -0.00547. The molecule has 0 aromatic heterocycles. The first kappa shape index (κ1) is 10.5. The van der Waals surface area contributed by atoms with E-state index in [4.69, 9.17) is 10.7 Å². The van der Waals surface area contributed by atoms with Gasteiger partial charge in [0.25, 0.3) is 0 Å². The molecule has 0 amide bonds. The van der Waals surface area contributed by atoms with Crippen molar-refractivity contribution in [2.24, 2.45) is 17.3 Å². The Balaban J connectivity index is 2.19. The molecule has 3 rings (SSSR count). The maximum absolute atomic E-state index is 11.0. The minimum Gasteiger partial charge on any atom is -0.212 e. The van der Waals surface area contributed by atoms with Crippen LogP contribution in [-0.4, -0.2) is 14.2 Å². The van der Waals surface area contributed by atoms with E-state index >= 15 is 0 Å². The number of fused-ring (bicyclic) bond motifs is 1. The van der Waals surface area contributed by atoms with Crippen LogP contribution in [0.3, 0.4) is 0 Å². The summed E-state index contributed by atoms with van der Waals surface area (Å²) in [6.45, 7) is 4.44. The summed E-state index contributed by atoms with van der Waals surface area (Å²) in [6.07, 6.45) is 4.24. The van der Waals surface area contributed by atoms with E-state index in [1.807, 2.05) is 0 Å². The van der Waals surface area contributed by atoms with E-state index < -0.39 is 9.05 Å². The summed E-state index contributed by atoms with van der Waals surface area (Å²) in [5, 5.41) is 0. The Kier molecular flexibility index (Phi) is 2.24. The molecular formula is C10H15ClO2S. The fourth-order valence-electron chi connectivity index (χ4n) is 2.84. The summed E-state index contributed by atoms with van der Waals surface area (Å²) >= 11 is 0. The molecule has 0 aliphatic heterocycles. The minimum atomic E-state index is -3.38. The third-order valence-corrected chi connectivity index (χ3v) is 4.93. The molecule has 2 nitrogen and oxygen atoms in total. The molecule has 0 N–H and O–H groups in total. The van der Waals surface area contributed by atoms with Crippen LogP contribution in [0.25, 0.3) is 0 Å². The monoisotopic (exact) mass is 234 g/mol. The fraction of sp³-hybridized carbons (Fsp3) is 0.800. The molecule has 0 saturated heterocycles. The summed E-state index contributed by atoms with van der Waals surface area (Å²) < 4.78 is 22.0. The van der Waals surface area contributed by atoms with E-state index in [1.54, 1.807) is 0 Å². The Morgan fingerprint density at radius 3 is 2.64 bits per heavy atom. The summed E-state index contributed by atoms with van der Waals surface area (Å²) in [5.74, 6) is 1.22. The van der Waals surface area contributed by atoms with Gasteiger partial charge in [0.15, 0.2) is 0 Å². The van der Waals surface area contributed by atoms with Gasteiger partial charge in [-0.2, -0.15) is 0 Å². The number of hydrogen-bond donors (Lipinski definition) is 0. The zero-order valence-corrected chi connectivity index (χ0v) is 10.0. The molecule has 14 heavy (non-hydrogen) atoms. The predicted molar refractivity (Wildman–Crippen MR) is 57.7 cm³/mol. The molecular weight excluding hydrogens is 220 g/mol. The third-order valence-electron chi connectivity index (χ3n) is 3.92. The van der Waals surface area contributed by atoms with Gasteiger partial charge in [0.2, 0.25) is 9.05 Å². The van der Waals surface area contributed by atoms with E-state index in [0.29, 0.717) is 5.92 Å². The molecule has 0 radical (unpaired) electrons. The Bertz CT molecular complexity index is 381. The standard InChI is InChI=1S/C10H15ClO2S/c1-10(2)8-4-3-7(9(10)5-8)6-14(11,12)13/h3,8-9H,4-6H2,1-2H3. The quantitative estimate of drug-likeness (QED) is 0.544. The average molecular weight is 235 g/mol. The zero-order chi connectivity index (χ0) is 10.6. The molecule has 3 aliphatic rings. The summed E-state index contributed by atoms with van der Waals surface area (Å²) in [5.41, 5.74) is 1.32. The van der Waals surface area contributed by atoms with Crippen molar-refractivity contribution in [1.82, 2.24) is 0 Å². The molecule has 0 aromatic carbocycles. The lowest BCUT2D eigenvalue weighted by atomic mass is 9.49. The van der Waals surface area contributed by atoms with Gasteiger partial charge in [-0.1, -0.05) is 25.5 Å². The highest BCUT2D eigenvalue weighted by Gasteiger charge is 2.51. The normalized spacial score (nSPS) is 34.6. The smallest absolute Gasteiger partial charge is 0.212 e. The van der Waals surface area contributed by atoms with E-state index in [1.165, 1.54) is 0 Å².